The fourth-order valence-electron chi connectivity index (χ4n) is 2.29. The first-order valence-corrected chi connectivity index (χ1v) is 12.9. The lowest BCUT2D eigenvalue weighted by atomic mass is 10.1. The quantitative estimate of drug-likeness (QED) is 0.715. The zero-order chi connectivity index (χ0) is 17.2. The Labute approximate surface area is 136 Å². The fraction of sp³-hybridized carbons (Fsp3) is 0.933. The second-order valence-corrected chi connectivity index (χ2v) is 14.9. The summed E-state index contributed by atoms with van der Waals surface area (Å²) in [7, 11) is -4.93. The molecule has 0 aliphatic carbocycles. The monoisotopic (exact) mass is 349 g/mol. The molecule has 0 spiro atoms. The molecule has 1 atom stereocenters. The van der Waals surface area contributed by atoms with Crippen LogP contribution < -0.4 is 0 Å². The van der Waals surface area contributed by atoms with Crippen LogP contribution in [0.2, 0.25) is 18.1 Å². The van der Waals surface area contributed by atoms with Gasteiger partial charge in [-0.05, 0) is 31.0 Å². The molecule has 0 N–H and O–H groups in total. The molecule has 22 heavy (non-hydrogen) atoms. The first-order chi connectivity index (χ1) is 9.82. The maximum absolute atomic E-state index is 12.2. The SMILES string of the molecule is CC(C)(C)[Si](C)(C)OC1CCCN(C(=O)CCS(C)(=O)=O)C1. The minimum atomic E-state index is -3.09. The molecule has 0 aromatic carbocycles. The van der Waals surface area contributed by atoms with E-state index in [-0.39, 0.29) is 29.2 Å². The van der Waals surface area contributed by atoms with E-state index in [2.05, 4.69) is 33.9 Å². The van der Waals surface area contributed by atoms with Crippen LogP contribution in [0.25, 0.3) is 0 Å². The Bertz CT molecular complexity index is 496. The van der Waals surface area contributed by atoms with Gasteiger partial charge >= 0.3 is 0 Å². The maximum atomic E-state index is 12.2. The number of amides is 1. The Balaban J connectivity index is 2.60. The van der Waals surface area contributed by atoms with E-state index >= 15 is 0 Å². The van der Waals surface area contributed by atoms with Crippen molar-refractivity contribution in [2.24, 2.45) is 0 Å². The molecule has 0 aromatic rings. The van der Waals surface area contributed by atoms with E-state index in [1.165, 1.54) is 6.26 Å². The third-order valence-electron chi connectivity index (χ3n) is 4.69. The van der Waals surface area contributed by atoms with E-state index in [1.54, 1.807) is 4.90 Å². The van der Waals surface area contributed by atoms with E-state index in [0.29, 0.717) is 13.1 Å². The van der Waals surface area contributed by atoms with Crippen molar-refractivity contribution in [1.82, 2.24) is 4.90 Å². The van der Waals surface area contributed by atoms with E-state index in [9.17, 15) is 13.2 Å². The van der Waals surface area contributed by atoms with Gasteiger partial charge in [-0.1, -0.05) is 20.8 Å². The van der Waals surface area contributed by atoms with Crippen LogP contribution in [0.1, 0.15) is 40.0 Å². The van der Waals surface area contributed by atoms with Gasteiger partial charge in [-0.15, -0.1) is 0 Å². The predicted molar refractivity (Wildman–Crippen MR) is 92.2 cm³/mol. The van der Waals surface area contributed by atoms with Crippen LogP contribution in [0.4, 0.5) is 0 Å². The van der Waals surface area contributed by atoms with E-state index in [0.717, 1.165) is 12.8 Å². The van der Waals surface area contributed by atoms with Crippen LogP contribution in [-0.2, 0) is 19.1 Å². The molecule has 1 fully saturated rings. The van der Waals surface area contributed by atoms with E-state index < -0.39 is 18.2 Å². The minimum absolute atomic E-state index is 0.0733. The van der Waals surface area contributed by atoms with Crippen molar-refractivity contribution < 1.29 is 17.6 Å². The van der Waals surface area contributed by atoms with Crippen molar-refractivity contribution in [3.05, 3.63) is 0 Å². The van der Waals surface area contributed by atoms with Gasteiger partial charge in [0.25, 0.3) is 0 Å². The number of likely N-dealkylation sites (tertiary alicyclic amines) is 1. The number of hydrogen-bond donors (Lipinski definition) is 0. The summed E-state index contributed by atoms with van der Waals surface area (Å²) in [6.45, 7) is 12.4. The summed E-state index contributed by atoms with van der Waals surface area (Å²) in [6.07, 6.45) is 3.22. The summed E-state index contributed by atoms with van der Waals surface area (Å²) in [4.78, 5) is 13.9. The molecule has 0 bridgehead atoms. The molecule has 7 heteroatoms. The number of carbonyl (C=O) groups is 1. The van der Waals surface area contributed by atoms with E-state index in [1.807, 2.05) is 0 Å². The maximum Gasteiger partial charge on any atom is 0.223 e. The van der Waals surface area contributed by atoms with Gasteiger partial charge in [0.2, 0.25) is 5.91 Å². The van der Waals surface area contributed by atoms with Crippen LogP contribution in [0.15, 0.2) is 0 Å². The summed E-state index contributed by atoms with van der Waals surface area (Å²) in [6, 6.07) is 0. The van der Waals surface area contributed by atoms with Gasteiger partial charge in [0.15, 0.2) is 8.32 Å². The molecule has 0 saturated carbocycles. The third kappa shape index (κ3) is 6.00. The standard InChI is InChI=1S/C15H31NO4SSi/c1-15(2,3)22(5,6)20-13-8-7-10-16(12-13)14(17)9-11-21(4,18)19/h13H,7-12H2,1-6H3. The van der Waals surface area contributed by atoms with Gasteiger partial charge in [-0.25, -0.2) is 8.42 Å². The average Bonchev–Trinajstić information content (AvgIpc) is 2.33. The number of carbonyl (C=O) groups excluding carboxylic acids is 1. The zero-order valence-corrected chi connectivity index (χ0v) is 16.6. The lowest BCUT2D eigenvalue weighted by molar-refractivity contribution is -0.133. The van der Waals surface area contributed by atoms with Crippen LogP contribution in [0.3, 0.4) is 0 Å². The first kappa shape index (κ1) is 19.6. The van der Waals surface area contributed by atoms with Crippen LogP contribution in [0, 0.1) is 0 Å². The van der Waals surface area contributed by atoms with Crippen molar-refractivity contribution in [1.29, 1.82) is 0 Å². The summed E-state index contributed by atoms with van der Waals surface area (Å²) >= 11 is 0. The topological polar surface area (TPSA) is 63.7 Å². The lowest BCUT2D eigenvalue weighted by Gasteiger charge is -2.42. The molecule has 1 heterocycles. The molecule has 1 unspecified atom stereocenters. The number of piperidine rings is 1. The van der Waals surface area contributed by atoms with Crippen molar-refractivity contribution in [3.8, 4) is 0 Å². The molecule has 130 valence electrons. The highest BCUT2D eigenvalue weighted by Crippen LogP contribution is 2.38. The summed E-state index contributed by atoms with van der Waals surface area (Å²) in [5.74, 6) is -0.148. The highest BCUT2D eigenvalue weighted by atomic mass is 32.2. The molecule has 1 aliphatic heterocycles. The number of rotatable bonds is 5. The van der Waals surface area contributed by atoms with Gasteiger partial charge in [0.1, 0.15) is 9.84 Å². The highest BCUT2D eigenvalue weighted by molar-refractivity contribution is 7.90. The van der Waals surface area contributed by atoms with Crippen molar-refractivity contribution in [3.63, 3.8) is 0 Å². The molecule has 1 rings (SSSR count). The van der Waals surface area contributed by atoms with Gasteiger partial charge in [-0.3, -0.25) is 4.79 Å². The summed E-state index contributed by atoms with van der Waals surface area (Å²) in [5, 5.41) is 0.148. The molecule has 1 aliphatic rings. The zero-order valence-electron chi connectivity index (χ0n) is 14.8. The van der Waals surface area contributed by atoms with Crippen molar-refractivity contribution in [2.45, 2.75) is 64.3 Å². The Kier molecular flexibility index (Phi) is 6.26. The van der Waals surface area contributed by atoms with Crippen LogP contribution in [0.5, 0.6) is 0 Å². The summed E-state index contributed by atoms with van der Waals surface area (Å²) < 4.78 is 28.8. The third-order valence-corrected chi connectivity index (χ3v) is 10.2. The smallest absolute Gasteiger partial charge is 0.223 e. The van der Waals surface area contributed by atoms with Gasteiger partial charge in [0, 0.05) is 25.8 Å². The molecule has 5 nitrogen and oxygen atoms in total. The Morgan fingerprint density at radius 2 is 1.91 bits per heavy atom. The Morgan fingerprint density at radius 3 is 2.41 bits per heavy atom. The second kappa shape index (κ2) is 7.01. The second-order valence-electron chi connectivity index (χ2n) is 7.86. The first-order valence-electron chi connectivity index (χ1n) is 7.95. The van der Waals surface area contributed by atoms with Crippen LogP contribution >= 0.6 is 0 Å². The number of nitrogens with zero attached hydrogens (tertiary/aromatic N) is 1. The fourth-order valence-corrected chi connectivity index (χ4v) is 4.21. The summed E-state index contributed by atoms with van der Waals surface area (Å²) in [5.41, 5.74) is 0. The number of sulfone groups is 1. The molecule has 0 radical (unpaired) electrons. The molecule has 0 aromatic heterocycles. The molecular formula is C15H31NO4SSi. The molecule has 1 saturated heterocycles. The molecule has 1 amide bonds. The normalized spacial score (nSPS) is 21.0. The highest BCUT2D eigenvalue weighted by Gasteiger charge is 2.40. The Morgan fingerprint density at radius 1 is 1.32 bits per heavy atom. The van der Waals surface area contributed by atoms with E-state index in [4.69, 9.17) is 4.43 Å². The van der Waals surface area contributed by atoms with Crippen molar-refractivity contribution >= 4 is 24.1 Å². The van der Waals surface area contributed by atoms with Gasteiger partial charge < -0.3 is 9.33 Å². The largest absolute Gasteiger partial charge is 0.412 e. The van der Waals surface area contributed by atoms with Crippen molar-refractivity contribution in [2.75, 3.05) is 25.1 Å². The van der Waals surface area contributed by atoms with Gasteiger partial charge in [0.05, 0.1) is 11.9 Å². The lowest BCUT2D eigenvalue weighted by Crippen LogP contribution is -2.50. The van der Waals surface area contributed by atoms with Gasteiger partial charge in [-0.2, -0.15) is 0 Å². The average molecular weight is 350 g/mol. The minimum Gasteiger partial charge on any atom is -0.412 e. The number of hydrogen-bond acceptors (Lipinski definition) is 4. The predicted octanol–water partition coefficient (Wildman–Crippen LogP) is 2.43. The van der Waals surface area contributed by atoms with Crippen LogP contribution in [-0.4, -0.2) is 58.7 Å². The Hall–Kier alpha value is -0.403. The molecular weight excluding hydrogens is 318 g/mol.